The second-order valence-corrected chi connectivity index (χ2v) is 10.2. The van der Waals surface area contributed by atoms with Crippen molar-refractivity contribution in [1.29, 1.82) is 0 Å². The van der Waals surface area contributed by atoms with Crippen molar-refractivity contribution in [3.05, 3.63) is 64.9 Å². The monoisotopic (exact) mass is 430 g/mol. The van der Waals surface area contributed by atoms with E-state index in [2.05, 4.69) is 23.6 Å². The summed E-state index contributed by atoms with van der Waals surface area (Å²) in [6, 6.07) is 12.8. The normalized spacial score (nSPS) is 12.7. The number of nitrogens with one attached hydrogen (secondary N) is 2. The SMILES string of the molecule is CCC(CC)(c1cc2c(F)cccc2s1)c1c[nH]c2c(NS(C)(=O)=O)cccc12. The van der Waals surface area contributed by atoms with Crippen LogP contribution in [0.5, 0.6) is 0 Å². The van der Waals surface area contributed by atoms with E-state index in [1.165, 1.54) is 6.07 Å². The van der Waals surface area contributed by atoms with Gasteiger partial charge in [0.1, 0.15) is 5.82 Å². The first-order valence-corrected chi connectivity index (χ1v) is 12.3. The van der Waals surface area contributed by atoms with Crippen LogP contribution in [0.4, 0.5) is 10.1 Å². The molecule has 0 unspecified atom stereocenters. The quantitative estimate of drug-likeness (QED) is 0.394. The molecule has 0 aliphatic rings. The van der Waals surface area contributed by atoms with E-state index in [-0.39, 0.29) is 11.2 Å². The highest BCUT2D eigenvalue weighted by atomic mass is 32.2. The van der Waals surface area contributed by atoms with Crippen molar-refractivity contribution in [1.82, 2.24) is 4.98 Å². The van der Waals surface area contributed by atoms with Crippen LogP contribution in [0.25, 0.3) is 21.0 Å². The van der Waals surface area contributed by atoms with E-state index < -0.39 is 10.0 Å². The van der Waals surface area contributed by atoms with Crippen molar-refractivity contribution >= 4 is 48.0 Å². The third-order valence-electron chi connectivity index (χ3n) is 5.71. The minimum atomic E-state index is -3.39. The van der Waals surface area contributed by atoms with Crippen LogP contribution in [0.2, 0.25) is 0 Å². The van der Waals surface area contributed by atoms with Crippen LogP contribution in [-0.4, -0.2) is 19.7 Å². The topological polar surface area (TPSA) is 62.0 Å². The van der Waals surface area contributed by atoms with Gasteiger partial charge in [-0.3, -0.25) is 4.72 Å². The van der Waals surface area contributed by atoms with Gasteiger partial charge in [0.15, 0.2) is 0 Å². The van der Waals surface area contributed by atoms with Crippen LogP contribution in [0.3, 0.4) is 0 Å². The number of para-hydroxylation sites is 1. The highest BCUT2D eigenvalue weighted by Crippen LogP contribution is 2.47. The van der Waals surface area contributed by atoms with Gasteiger partial charge in [0.25, 0.3) is 0 Å². The Balaban J connectivity index is 1.94. The molecule has 0 saturated carbocycles. The molecule has 2 aromatic heterocycles. The third kappa shape index (κ3) is 3.32. The largest absolute Gasteiger partial charge is 0.359 e. The minimum absolute atomic E-state index is 0.204. The Bertz CT molecular complexity index is 1300. The molecule has 4 nitrogen and oxygen atoms in total. The Morgan fingerprint density at radius 3 is 2.48 bits per heavy atom. The average molecular weight is 431 g/mol. The summed E-state index contributed by atoms with van der Waals surface area (Å²) in [5.41, 5.74) is 2.09. The van der Waals surface area contributed by atoms with Crippen LogP contribution >= 0.6 is 11.3 Å². The molecule has 7 heteroatoms. The van der Waals surface area contributed by atoms with Crippen molar-refractivity contribution < 1.29 is 12.8 Å². The molecule has 2 aromatic carbocycles. The van der Waals surface area contributed by atoms with Gasteiger partial charge < -0.3 is 4.98 Å². The Labute approximate surface area is 173 Å². The van der Waals surface area contributed by atoms with Gasteiger partial charge in [-0.15, -0.1) is 11.3 Å². The fraction of sp³-hybridized carbons (Fsp3) is 0.273. The summed E-state index contributed by atoms with van der Waals surface area (Å²) >= 11 is 1.62. The van der Waals surface area contributed by atoms with Gasteiger partial charge in [0.2, 0.25) is 10.0 Å². The second kappa shape index (κ2) is 7.15. The number of aromatic nitrogens is 1. The maximum atomic E-state index is 14.3. The zero-order valence-electron chi connectivity index (χ0n) is 16.5. The molecule has 2 N–H and O–H groups in total. The van der Waals surface area contributed by atoms with E-state index in [0.29, 0.717) is 11.1 Å². The fourth-order valence-electron chi connectivity index (χ4n) is 4.21. The van der Waals surface area contributed by atoms with Crippen LogP contribution in [-0.2, 0) is 15.4 Å². The van der Waals surface area contributed by atoms with Gasteiger partial charge in [0.05, 0.1) is 17.5 Å². The first kappa shape index (κ1) is 19.9. The number of halogens is 1. The summed E-state index contributed by atoms with van der Waals surface area (Å²) in [6.07, 6.45) is 4.79. The molecule has 0 radical (unpaired) electrons. The predicted octanol–water partition coefficient (Wildman–Crippen LogP) is 6.00. The number of sulfonamides is 1. The maximum absolute atomic E-state index is 14.3. The molecular formula is C22H23FN2O2S2. The van der Waals surface area contributed by atoms with Crippen LogP contribution in [0, 0.1) is 5.82 Å². The number of hydrogen-bond donors (Lipinski definition) is 2. The molecule has 0 amide bonds. The number of benzene rings is 2. The van der Waals surface area contributed by atoms with Crippen molar-refractivity contribution in [2.45, 2.75) is 32.1 Å². The second-order valence-electron chi connectivity index (χ2n) is 7.36. The van der Waals surface area contributed by atoms with E-state index in [1.807, 2.05) is 30.5 Å². The van der Waals surface area contributed by atoms with Crippen molar-refractivity contribution in [3.8, 4) is 0 Å². The molecule has 0 aliphatic carbocycles. The fourth-order valence-corrected chi connectivity index (χ4v) is 6.20. The van der Waals surface area contributed by atoms with Crippen LogP contribution in [0.1, 0.15) is 37.1 Å². The standard InChI is InChI=1S/C22H23FN2O2S2/c1-4-22(5-2,20-12-15-17(23)9-7-11-19(15)28-20)16-13-24-21-14(16)8-6-10-18(21)25-29(3,26)27/h6-13,24-25H,4-5H2,1-3H3. The minimum Gasteiger partial charge on any atom is -0.359 e. The van der Waals surface area contributed by atoms with E-state index in [0.717, 1.165) is 45.1 Å². The number of hydrogen-bond acceptors (Lipinski definition) is 3. The lowest BCUT2D eigenvalue weighted by molar-refractivity contribution is 0.491. The molecule has 0 bridgehead atoms. The first-order valence-electron chi connectivity index (χ1n) is 9.56. The number of fused-ring (bicyclic) bond motifs is 2. The molecule has 2 heterocycles. The van der Waals surface area contributed by atoms with Crippen molar-refractivity contribution in [2.75, 3.05) is 11.0 Å². The van der Waals surface area contributed by atoms with Crippen LogP contribution < -0.4 is 4.72 Å². The number of rotatable bonds is 6. The van der Waals surface area contributed by atoms with Gasteiger partial charge in [0, 0.05) is 32.0 Å². The van der Waals surface area contributed by atoms with Gasteiger partial charge in [-0.1, -0.05) is 32.0 Å². The first-order chi connectivity index (χ1) is 13.8. The molecule has 29 heavy (non-hydrogen) atoms. The van der Waals surface area contributed by atoms with E-state index in [1.54, 1.807) is 23.5 Å². The molecule has 0 spiro atoms. The van der Waals surface area contributed by atoms with Gasteiger partial charge in [-0.05, 0) is 42.7 Å². The molecule has 0 aliphatic heterocycles. The Kier molecular flexibility index (Phi) is 4.91. The molecule has 0 fully saturated rings. The Morgan fingerprint density at radius 2 is 1.83 bits per heavy atom. The summed E-state index contributed by atoms with van der Waals surface area (Å²) in [5.74, 6) is -0.204. The summed E-state index contributed by atoms with van der Waals surface area (Å²) in [6.45, 7) is 4.28. The third-order valence-corrected chi connectivity index (χ3v) is 7.61. The summed E-state index contributed by atoms with van der Waals surface area (Å²) in [4.78, 5) is 4.39. The zero-order valence-corrected chi connectivity index (χ0v) is 18.2. The number of H-pyrrole nitrogens is 1. The van der Waals surface area contributed by atoms with Gasteiger partial charge in [-0.25, -0.2) is 12.8 Å². The van der Waals surface area contributed by atoms with E-state index in [9.17, 15) is 12.8 Å². The predicted molar refractivity (Wildman–Crippen MR) is 120 cm³/mol. The molecular weight excluding hydrogens is 407 g/mol. The lowest BCUT2D eigenvalue weighted by Crippen LogP contribution is -2.24. The zero-order chi connectivity index (χ0) is 20.8. The number of anilines is 1. The van der Waals surface area contributed by atoms with Gasteiger partial charge >= 0.3 is 0 Å². The van der Waals surface area contributed by atoms with Crippen LogP contribution in [0.15, 0.2) is 48.7 Å². The summed E-state index contributed by atoms with van der Waals surface area (Å²) in [7, 11) is -3.39. The molecule has 4 aromatic rings. The molecule has 0 saturated heterocycles. The summed E-state index contributed by atoms with van der Waals surface area (Å²) in [5, 5.41) is 1.62. The lowest BCUT2D eigenvalue weighted by atomic mass is 9.74. The van der Waals surface area contributed by atoms with Crippen molar-refractivity contribution in [2.24, 2.45) is 0 Å². The van der Waals surface area contributed by atoms with E-state index >= 15 is 0 Å². The summed E-state index contributed by atoms with van der Waals surface area (Å²) < 4.78 is 41.4. The Hall–Kier alpha value is -2.38. The number of thiophene rings is 1. The molecule has 152 valence electrons. The maximum Gasteiger partial charge on any atom is 0.229 e. The smallest absolute Gasteiger partial charge is 0.229 e. The average Bonchev–Trinajstić information content (AvgIpc) is 3.29. The lowest BCUT2D eigenvalue weighted by Gasteiger charge is -2.31. The highest BCUT2D eigenvalue weighted by Gasteiger charge is 2.35. The molecule has 0 atom stereocenters. The van der Waals surface area contributed by atoms with Crippen molar-refractivity contribution in [3.63, 3.8) is 0 Å². The molecule has 4 rings (SSSR count). The Morgan fingerprint density at radius 1 is 1.10 bits per heavy atom. The number of aromatic amines is 1. The van der Waals surface area contributed by atoms with E-state index in [4.69, 9.17) is 0 Å². The highest BCUT2D eigenvalue weighted by molar-refractivity contribution is 7.92. The van der Waals surface area contributed by atoms with Gasteiger partial charge in [-0.2, -0.15) is 0 Å².